The number of amides is 1. The molecule has 1 atom stereocenters. The van der Waals surface area contributed by atoms with Crippen LogP contribution in [0.4, 0.5) is 5.69 Å². The Morgan fingerprint density at radius 3 is 2.44 bits per heavy atom. The van der Waals surface area contributed by atoms with E-state index in [-0.39, 0.29) is 17.2 Å². The van der Waals surface area contributed by atoms with Crippen molar-refractivity contribution in [1.29, 1.82) is 0 Å². The summed E-state index contributed by atoms with van der Waals surface area (Å²) in [5, 5.41) is 3.22. The smallest absolute Gasteiger partial charge is 0.251 e. The summed E-state index contributed by atoms with van der Waals surface area (Å²) in [5.41, 5.74) is 1.68. The standard InChI is InChI=1S/C19H23N3O3S2/c1-11(2)26-10-16-9-17(24)22-19(21-16)27-13(4)18(25)20-15-7-5-14(6-8-15)12(3)23/h5-9,11,13H,10H2,1-4H3,(H,20,25)(H,21,22,24). The summed E-state index contributed by atoms with van der Waals surface area (Å²) in [4.78, 5) is 42.6. The Labute approximate surface area is 166 Å². The number of carbonyl (C=O) groups is 2. The van der Waals surface area contributed by atoms with Crippen molar-refractivity contribution in [3.05, 3.63) is 51.9 Å². The second-order valence-corrected chi connectivity index (χ2v) is 9.18. The minimum Gasteiger partial charge on any atom is -0.325 e. The van der Waals surface area contributed by atoms with E-state index in [2.05, 4.69) is 29.1 Å². The molecule has 144 valence electrons. The van der Waals surface area contributed by atoms with E-state index in [1.54, 1.807) is 43.0 Å². The van der Waals surface area contributed by atoms with E-state index in [1.165, 1.54) is 24.8 Å². The third-order valence-electron chi connectivity index (χ3n) is 3.55. The lowest BCUT2D eigenvalue weighted by molar-refractivity contribution is -0.115. The SMILES string of the molecule is CC(=O)c1ccc(NC(=O)C(C)Sc2nc(CSC(C)C)cc(=O)[nH]2)cc1. The molecule has 27 heavy (non-hydrogen) atoms. The van der Waals surface area contributed by atoms with E-state index in [9.17, 15) is 14.4 Å². The number of nitrogens with zero attached hydrogens (tertiary/aromatic N) is 1. The Balaban J connectivity index is 2.01. The summed E-state index contributed by atoms with van der Waals surface area (Å²) in [5.74, 6) is 0.417. The number of aromatic amines is 1. The monoisotopic (exact) mass is 405 g/mol. The van der Waals surface area contributed by atoms with Crippen molar-refractivity contribution in [2.45, 2.75) is 49.1 Å². The summed E-state index contributed by atoms with van der Waals surface area (Å²) < 4.78 is 0. The maximum absolute atomic E-state index is 12.4. The molecule has 0 saturated carbocycles. The van der Waals surface area contributed by atoms with Crippen LogP contribution in [0.5, 0.6) is 0 Å². The third kappa shape index (κ3) is 6.88. The number of Topliss-reactive ketones (excluding diaryl/α,β-unsaturated/α-hetero) is 1. The first-order chi connectivity index (χ1) is 12.7. The average molecular weight is 406 g/mol. The van der Waals surface area contributed by atoms with Crippen molar-refractivity contribution in [1.82, 2.24) is 9.97 Å². The number of rotatable bonds is 8. The van der Waals surface area contributed by atoms with Crippen LogP contribution in [0.15, 0.2) is 40.3 Å². The fraction of sp³-hybridized carbons (Fsp3) is 0.368. The normalized spacial score (nSPS) is 12.0. The molecular weight excluding hydrogens is 382 g/mol. The van der Waals surface area contributed by atoms with E-state index in [4.69, 9.17) is 0 Å². The van der Waals surface area contributed by atoms with Crippen LogP contribution in [-0.2, 0) is 10.5 Å². The van der Waals surface area contributed by atoms with E-state index >= 15 is 0 Å². The van der Waals surface area contributed by atoms with Crippen molar-refractivity contribution < 1.29 is 9.59 Å². The van der Waals surface area contributed by atoms with E-state index in [0.29, 0.717) is 33.1 Å². The van der Waals surface area contributed by atoms with Crippen molar-refractivity contribution in [3.8, 4) is 0 Å². The van der Waals surface area contributed by atoms with Gasteiger partial charge in [0, 0.05) is 23.1 Å². The van der Waals surface area contributed by atoms with Crippen LogP contribution in [0.1, 0.15) is 43.7 Å². The molecule has 0 aliphatic carbocycles. The highest BCUT2D eigenvalue weighted by molar-refractivity contribution is 8.00. The maximum Gasteiger partial charge on any atom is 0.251 e. The zero-order valence-corrected chi connectivity index (χ0v) is 17.4. The largest absolute Gasteiger partial charge is 0.325 e. The van der Waals surface area contributed by atoms with Crippen LogP contribution < -0.4 is 10.9 Å². The fourth-order valence-electron chi connectivity index (χ4n) is 2.12. The third-order valence-corrected chi connectivity index (χ3v) is 5.67. The molecule has 1 aromatic heterocycles. The number of H-pyrrole nitrogens is 1. The average Bonchev–Trinajstić information content (AvgIpc) is 2.60. The molecule has 0 fully saturated rings. The summed E-state index contributed by atoms with van der Waals surface area (Å²) in [7, 11) is 0. The highest BCUT2D eigenvalue weighted by Crippen LogP contribution is 2.22. The predicted octanol–water partition coefficient (Wildman–Crippen LogP) is 3.73. The molecule has 8 heteroatoms. The van der Waals surface area contributed by atoms with Gasteiger partial charge in [-0.15, -0.1) is 0 Å². The van der Waals surface area contributed by atoms with Crippen molar-refractivity contribution in [3.63, 3.8) is 0 Å². The lowest BCUT2D eigenvalue weighted by atomic mass is 10.1. The summed E-state index contributed by atoms with van der Waals surface area (Å²) in [6.07, 6.45) is 0. The Morgan fingerprint density at radius 1 is 1.19 bits per heavy atom. The molecule has 0 bridgehead atoms. The lowest BCUT2D eigenvalue weighted by Gasteiger charge is -2.12. The number of anilines is 1. The summed E-state index contributed by atoms with van der Waals surface area (Å²) in [6, 6.07) is 8.21. The molecule has 0 radical (unpaired) electrons. The first-order valence-electron chi connectivity index (χ1n) is 8.55. The first kappa shape index (κ1) is 21.2. The van der Waals surface area contributed by atoms with Gasteiger partial charge in [-0.25, -0.2) is 4.98 Å². The number of ketones is 1. The first-order valence-corrected chi connectivity index (χ1v) is 10.5. The van der Waals surface area contributed by atoms with Crippen molar-refractivity contribution >= 4 is 40.9 Å². The number of carbonyl (C=O) groups excluding carboxylic acids is 2. The Hall–Kier alpha value is -2.06. The van der Waals surface area contributed by atoms with Gasteiger partial charge in [-0.05, 0) is 43.4 Å². The number of nitrogens with one attached hydrogen (secondary N) is 2. The Bertz CT molecular complexity index is 863. The lowest BCUT2D eigenvalue weighted by Crippen LogP contribution is -2.23. The van der Waals surface area contributed by atoms with Crippen LogP contribution in [0, 0.1) is 0 Å². The molecule has 0 aliphatic heterocycles. The Kier molecular flexibility index (Phi) is 7.67. The molecule has 2 aromatic rings. The molecule has 1 amide bonds. The number of hydrogen-bond donors (Lipinski definition) is 2. The zero-order chi connectivity index (χ0) is 20.0. The fourth-order valence-corrected chi connectivity index (χ4v) is 3.60. The number of benzene rings is 1. The minimum absolute atomic E-state index is 0.0256. The van der Waals surface area contributed by atoms with Gasteiger partial charge in [0.2, 0.25) is 5.91 Å². The summed E-state index contributed by atoms with van der Waals surface area (Å²) >= 11 is 2.90. The molecule has 0 spiro atoms. The van der Waals surface area contributed by atoms with Gasteiger partial charge in [0.1, 0.15) is 0 Å². The quantitative estimate of drug-likeness (QED) is 0.395. The minimum atomic E-state index is -0.450. The highest BCUT2D eigenvalue weighted by Gasteiger charge is 2.17. The number of aromatic nitrogens is 2. The van der Waals surface area contributed by atoms with Crippen LogP contribution in [0.2, 0.25) is 0 Å². The molecule has 6 nitrogen and oxygen atoms in total. The zero-order valence-electron chi connectivity index (χ0n) is 15.7. The van der Waals surface area contributed by atoms with E-state index in [1.807, 2.05) is 0 Å². The van der Waals surface area contributed by atoms with Crippen LogP contribution in [-0.4, -0.2) is 32.2 Å². The van der Waals surface area contributed by atoms with Gasteiger partial charge in [0.05, 0.1) is 10.9 Å². The van der Waals surface area contributed by atoms with Gasteiger partial charge >= 0.3 is 0 Å². The Morgan fingerprint density at radius 2 is 1.85 bits per heavy atom. The van der Waals surface area contributed by atoms with Gasteiger partial charge in [0.15, 0.2) is 10.9 Å². The van der Waals surface area contributed by atoms with Gasteiger partial charge < -0.3 is 10.3 Å². The van der Waals surface area contributed by atoms with Gasteiger partial charge in [0.25, 0.3) is 5.56 Å². The molecule has 0 saturated heterocycles. The van der Waals surface area contributed by atoms with Crippen LogP contribution in [0.3, 0.4) is 0 Å². The molecule has 2 rings (SSSR count). The second kappa shape index (κ2) is 9.75. The summed E-state index contributed by atoms with van der Waals surface area (Å²) in [6.45, 7) is 7.42. The second-order valence-electron chi connectivity index (χ2n) is 6.28. The van der Waals surface area contributed by atoms with E-state index in [0.717, 1.165) is 0 Å². The van der Waals surface area contributed by atoms with Crippen molar-refractivity contribution in [2.24, 2.45) is 0 Å². The molecule has 1 aromatic carbocycles. The molecule has 1 unspecified atom stereocenters. The number of thioether (sulfide) groups is 2. The van der Waals surface area contributed by atoms with E-state index < -0.39 is 5.25 Å². The predicted molar refractivity (Wildman–Crippen MR) is 112 cm³/mol. The topological polar surface area (TPSA) is 91.9 Å². The maximum atomic E-state index is 12.4. The molecular formula is C19H23N3O3S2. The van der Waals surface area contributed by atoms with Gasteiger partial charge in [-0.2, -0.15) is 11.8 Å². The van der Waals surface area contributed by atoms with Crippen LogP contribution in [0.25, 0.3) is 0 Å². The van der Waals surface area contributed by atoms with Crippen LogP contribution >= 0.6 is 23.5 Å². The number of hydrogen-bond acceptors (Lipinski definition) is 6. The van der Waals surface area contributed by atoms with Gasteiger partial charge in [-0.1, -0.05) is 25.6 Å². The van der Waals surface area contributed by atoms with Crippen molar-refractivity contribution in [2.75, 3.05) is 5.32 Å². The molecule has 0 aliphatic rings. The molecule has 2 N–H and O–H groups in total. The highest BCUT2D eigenvalue weighted by atomic mass is 32.2. The van der Waals surface area contributed by atoms with Gasteiger partial charge in [-0.3, -0.25) is 14.4 Å². The molecule has 1 heterocycles.